The van der Waals surface area contributed by atoms with E-state index in [1.807, 2.05) is 6.92 Å². The lowest BCUT2D eigenvalue weighted by molar-refractivity contribution is -0.131. The Bertz CT molecular complexity index is 357. The molecule has 0 aromatic rings. The van der Waals surface area contributed by atoms with Gasteiger partial charge in [-0.25, -0.2) is 0 Å². The summed E-state index contributed by atoms with van der Waals surface area (Å²) in [6.07, 6.45) is 4.64. The van der Waals surface area contributed by atoms with Crippen LogP contribution in [0.15, 0.2) is 12.7 Å². The summed E-state index contributed by atoms with van der Waals surface area (Å²) in [4.78, 5) is 24.3. The van der Waals surface area contributed by atoms with Crippen molar-refractivity contribution in [1.82, 2.24) is 10.2 Å². The topological polar surface area (TPSA) is 69.6 Å². The maximum atomic E-state index is 11.7. The lowest BCUT2D eigenvalue weighted by Crippen LogP contribution is -2.47. The van der Waals surface area contributed by atoms with Crippen LogP contribution < -0.4 is 5.32 Å². The van der Waals surface area contributed by atoms with Gasteiger partial charge in [0, 0.05) is 19.0 Å². The fourth-order valence-electron chi connectivity index (χ4n) is 2.39. The van der Waals surface area contributed by atoms with Crippen molar-refractivity contribution in [2.24, 2.45) is 5.41 Å². The summed E-state index contributed by atoms with van der Waals surface area (Å²) in [5.41, 5.74) is -0.255. The van der Waals surface area contributed by atoms with E-state index in [-0.39, 0.29) is 29.9 Å². The lowest BCUT2D eigenvalue weighted by atomic mass is 9.73. The Hall–Kier alpha value is -1.36. The highest BCUT2D eigenvalue weighted by atomic mass is 16.3. The zero-order valence-corrected chi connectivity index (χ0v) is 11.8. The van der Waals surface area contributed by atoms with Crippen molar-refractivity contribution in [2.45, 2.75) is 38.7 Å². The normalized spacial score (nSPS) is 26.6. The van der Waals surface area contributed by atoms with Crippen LogP contribution in [-0.2, 0) is 9.59 Å². The predicted octanol–water partition coefficient (Wildman–Crippen LogP) is 0.688. The molecule has 1 rings (SSSR count). The molecule has 0 heterocycles. The zero-order chi connectivity index (χ0) is 14.5. The van der Waals surface area contributed by atoms with Crippen LogP contribution in [0.5, 0.6) is 0 Å². The van der Waals surface area contributed by atoms with Crippen LogP contribution in [0, 0.1) is 5.41 Å². The Labute approximate surface area is 114 Å². The summed E-state index contributed by atoms with van der Waals surface area (Å²) in [5, 5.41) is 12.8. The van der Waals surface area contributed by atoms with Gasteiger partial charge in [-0.05, 0) is 18.9 Å². The molecule has 1 aliphatic carbocycles. The first kappa shape index (κ1) is 15.7. The minimum atomic E-state index is -0.367. The number of hydrogen-bond acceptors (Lipinski definition) is 3. The van der Waals surface area contributed by atoms with Crippen molar-refractivity contribution in [3.8, 4) is 0 Å². The molecule has 19 heavy (non-hydrogen) atoms. The molecule has 0 aromatic heterocycles. The molecule has 1 aliphatic rings. The van der Waals surface area contributed by atoms with Gasteiger partial charge in [0.2, 0.25) is 11.8 Å². The Morgan fingerprint density at radius 2 is 2.21 bits per heavy atom. The van der Waals surface area contributed by atoms with Crippen LogP contribution in [0.2, 0.25) is 0 Å². The first-order valence-electron chi connectivity index (χ1n) is 6.71. The van der Waals surface area contributed by atoms with E-state index in [9.17, 15) is 14.7 Å². The van der Waals surface area contributed by atoms with E-state index in [4.69, 9.17) is 0 Å². The maximum absolute atomic E-state index is 11.7. The third kappa shape index (κ3) is 4.35. The molecule has 2 N–H and O–H groups in total. The molecule has 2 amide bonds. The molecule has 108 valence electrons. The second-order valence-corrected chi connectivity index (χ2v) is 5.59. The summed E-state index contributed by atoms with van der Waals surface area (Å²) < 4.78 is 0. The van der Waals surface area contributed by atoms with E-state index < -0.39 is 0 Å². The molecule has 0 spiro atoms. The lowest BCUT2D eigenvalue weighted by Gasteiger charge is -2.38. The van der Waals surface area contributed by atoms with Crippen LogP contribution >= 0.6 is 0 Å². The molecule has 0 saturated heterocycles. The first-order chi connectivity index (χ1) is 8.89. The van der Waals surface area contributed by atoms with Gasteiger partial charge in [-0.3, -0.25) is 9.59 Å². The minimum absolute atomic E-state index is 0.0109. The molecule has 2 unspecified atom stereocenters. The van der Waals surface area contributed by atoms with Crippen molar-refractivity contribution < 1.29 is 14.7 Å². The van der Waals surface area contributed by atoms with Gasteiger partial charge in [-0.2, -0.15) is 0 Å². The fraction of sp³-hybridized carbons (Fsp3) is 0.714. The average molecular weight is 268 g/mol. The number of aliphatic hydroxyl groups excluding tert-OH is 1. The van der Waals surface area contributed by atoms with Crippen molar-refractivity contribution in [3.05, 3.63) is 12.7 Å². The van der Waals surface area contributed by atoms with E-state index in [2.05, 4.69) is 11.9 Å². The minimum Gasteiger partial charge on any atom is -0.392 e. The number of carbonyl (C=O) groups excluding carboxylic acids is 2. The van der Waals surface area contributed by atoms with Gasteiger partial charge in [0.05, 0.1) is 12.6 Å². The molecule has 1 fully saturated rings. The van der Waals surface area contributed by atoms with E-state index in [1.165, 1.54) is 11.0 Å². The summed E-state index contributed by atoms with van der Waals surface area (Å²) >= 11 is 0. The smallest absolute Gasteiger partial charge is 0.246 e. The van der Waals surface area contributed by atoms with Gasteiger partial charge in [0.25, 0.3) is 0 Å². The van der Waals surface area contributed by atoms with E-state index >= 15 is 0 Å². The number of amides is 2. The van der Waals surface area contributed by atoms with Gasteiger partial charge in [0.15, 0.2) is 0 Å². The third-order valence-electron chi connectivity index (χ3n) is 3.90. The van der Waals surface area contributed by atoms with E-state index in [0.29, 0.717) is 6.54 Å². The summed E-state index contributed by atoms with van der Waals surface area (Å²) in [5.74, 6) is -0.490. The Kier molecular flexibility index (Phi) is 5.54. The van der Waals surface area contributed by atoms with Gasteiger partial charge in [-0.15, -0.1) is 0 Å². The van der Waals surface area contributed by atoms with Crippen molar-refractivity contribution >= 4 is 11.8 Å². The summed E-state index contributed by atoms with van der Waals surface area (Å²) in [6, 6.07) is 0. The van der Waals surface area contributed by atoms with Crippen LogP contribution in [0.1, 0.15) is 32.6 Å². The van der Waals surface area contributed by atoms with Crippen LogP contribution in [0.3, 0.4) is 0 Å². The standard InChI is InChI=1S/C14H24N2O3/c1-4-13(19)16(3)9-12(18)15-10-14(2)8-6-5-7-11(14)17/h4,11,17H,1,5-10H2,2-3H3,(H,15,18). The van der Waals surface area contributed by atoms with E-state index in [0.717, 1.165) is 25.7 Å². The average Bonchev–Trinajstić information content (AvgIpc) is 2.39. The number of nitrogens with one attached hydrogen (secondary N) is 1. The number of nitrogens with zero attached hydrogens (tertiary/aromatic N) is 1. The molecule has 0 aliphatic heterocycles. The predicted molar refractivity (Wildman–Crippen MR) is 73.4 cm³/mol. The highest BCUT2D eigenvalue weighted by Crippen LogP contribution is 2.35. The van der Waals surface area contributed by atoms with E-state index in [1.54, 1.807) is 7.05 Å². The second-order valence-electron chi connectivity index (χ2n) is 5.59. The molecule has 5 heteroatoms. The summed E-state index contributed by atoms with van der Waals surface area (Å²) in [6.45, 7) is 5.83. The maximum Gasteiger partial charge on any atom is 0.246 e. The summed E-state index contributed by atoms with van der Waals surface area (Å²) in [7, 11) is 1.56. The van der Waals surface area contributed by atoms with Gasteiger partial charge < -0.3 is 15.3 Å². The number of aliphatic hydroxyl groups is 1. The number of rotatable bonds is 5. The molecular weight excluding hydrogens is 244 g/mol. The molecule has 0 aromatic carbocycles. The molecule has 1 saturated carbocycles. The van der Waals surface area contributed by atoms with Crippen molar-refractivity contribution in [2.75, 3.05) is 20.1 Å². The largest absolute Gasteiger partial charge is 0.392 e. The zero-order valence-electron chi connectivity index (χ0n) is 11.8. The van der Waals surface area contributed by atoms with Gasteiger partial charge in [-0.1, -0.05) is 26.3 Å². The fourth-order valence-corrected chi connectivity index (χ4v) is 2.39. The van der Waals surface area contributed by atoms with Crippen LogP contribution in [0.4, 0.5) is 0 Å². The molecule has 5 nitrogen and oxygen atoms in total. The Morgan fingerprint density at radius 1 is 1.53 bits per heavy atom. The highest BCUT2D eigenvalue weighted by Gasteiger charge is 2.35. The highest BCUT2D eigenvalue weighted by molar-refractivity contribution is 5.90. The van der Waals surface area contributed by atoms with Crippen molar-refractivity contribution in [1.29, 1.82) is 0 Å². The molecular formula is C14H24N2O3. The van der Waals surface area contributed by atoms with Crippen molar-refractivity contribution in [3.63, 3.8) is 0 Å². The van der Waals surface area contributed by atoms with Crippen LogP contribution in [0.25, 0.3) is 0 Å². The second kappa shape index (κ2) is 6.70. The Balaban J connectivity index is 2.41. The quantitative estimate of drug-likeness (QED) is 0.721. The van der Waals surface area contributed by atoms with Gasteiger partial charge in [0.1, 0.15) is 0 Å². The SMILES string of the molecule is C=CC(=O)N(C)CC(=O)NCC1(C)CCCCC1O. The number of hydrogen-bond donors (Lipinski definition) is 2. The monoisotopic (exact) mass is 268 g/mol. The molecule has 2 atom stereocenters. The Morgan fingerprint density at radius 3 is 2.79 bits per heavy atom. The molecule has 0 bridgehead atoms. The molecule has 0 radical (unpaired) electrons. The van der Waals surface area contributed by atoms with Gasteiger partial charge >= 0.3 is 0 Å². The number of carbonyl (C=O) groups is 2. The first-order valence-corrected chi connectivity index (χ1v) is 6.71. The number of likely N-dealkylation sites (N-methyl/N-ethyl adjacent to an activating group) is 1. The third-order valence-corrected chi connectivity index (χ3v) is 3.90. The van der Waals surface area contributed by atoms with Crippen LogP contribution in [-0.4, -0.2) is 48.1 Å².